The van der Waals surface area contributed by atoms with Gasteiger partial charge in [0.05, 0.1) is 13.2 Å². The van der Waals surface area contributed by atoms with Crippen molar-refractivity contribution in [1.29, 1.82) is 0 Å². The number of aromatic nitrogens is 5. The Labute approximate surface area is 141 Å². The number of hydrogen-bond acceptors (Lipinski definition) is 7. The molecule has 130 valence electrons. The SMILES string of the molecule is CC(C)(C)c1n[nH]c([C@H]2CN(Cc3noc(C4CC4)n3)CCO2)n1. The van der Waals surface area contributed by atoms with Crippen molar-refractivity contribution in [3.8, 4) is 0 Å². The van der Waals surface area contributed by atoms with Crippen LogP contribution in [0.5, 0.6) is 0 Å². The molecule has 0 amide bonds. The smallest absolute Gasteiger partial charge is 0.229 e. The van der Waals surface area contributed by atoms with Crippen molar-refractivity contribution in [3.63, 3.8) is 0 Å². The van der Waals surface area contributed by atoms with E-state index in [-0.39, 0.29) is 11.5 Å². The fourth-order valence-corrected chi connectivity index (χ4v) is 2.79. The number of morpholine rings is 1. The van der Waals surface area contributed by atoms with Gasteiger partial charge in [0.1, 0.15) is 6.10 Å². The maximum absolute atomic E-state index is 5.87. The molecule has 2 fully saturated rings. The Bertz CT molecular complexity index is 699. The summed E-state index contributed by atoms with van der Waals surface area (Å²) in [5.74, 6) is 3.64. The zero-order valence-corrected chi connectivity index (χ0v) is 14.4. The molecule has 1 saturated heterocycles. The summed E-state index contributed by atoms with van der Waals surface area (Å²) in [4.78, 5) is 11.4. The predicted octanol–water partition coefficient (Wildman–Crippen LogP) is 1.94. The van der Waals surface area contributed by atoms with Crippen LogP contribution in [-0.4, -0.2) is 49.9 Å². The standard InChI is InChI=1S/C16H24N6O2/c1-16(2,3)15-18-13(19-20-15)11-8-22(6-7-23-11)9-12-17-14(24-21-12)10-4-5-10/h10-11H,4-9H2,1-3H3,(H,18,19,20)/t11-/m1/s1. The fourth-order valence-electron chi connectivity index (χ4n) is 2.79. The molecule has 0 bridgehead atoms. The van der Waals surface area contributed by atoms with E-state index in [2.05, 4.69) is 51.0 Å². The average Bonchev–Trinajstić information content (AvgIpc) is 3.08. The molecule has 8 nitrogen and oxygen atoms in total. The van der Waals surface area contributed by atoms with Crippen molar-refractivity contribution in [2.24, 2.45) is 0 Å². The summed E-state index contributed by atoms with van der Waals surface area (Å²) >= 11 is 0. The molecule has 2 aromatic heterocycles. The monoisotopic (exact) mass is 332 g/mol. The van der Waals surface area contributed by atoms with Gasteiger partial charge >= 0.3 is 0 Å². The van der Waals surface area contributed by atoms with Crippen molar-refractivity contribution in [2.45, 2.75) is 57.6 Å². The van der Waals surface area contributed by atoms with E-state index in [1.807, 2.05) is 0 Å². The molecule has 3 heterocycles. The number of ether oxygens (including phenoxy) is 1. The third kappa shape index (κ3) is 3.34. The normalized spacial score (nSPS) is 22.9. The maximum atomic E-state index is 5.87. The van der Waals surface area contributed by atoms with Crippen LogP contribution in [0.3, 0.4) is 0 Å². The van der Waals surface area contributed by atoms with E-state index in [0.717, 1.165) is 36.5 Å². The quantitative estimate of drug-likeness (QED) is 0.914. The van der Waals surface area contributed by atoms with Crippen molar-refractivity contribution in [2.75, 3.05) is 19.7 Å². The molecule has 8 heteroatoms. The molecule has 2 aromatic rings. The maximum Gasteiger partial charge on any atom is 0.229 e. The second kappa shape index (κ2) is 5.93. The van der Waals surface area contributed by atoms with Gasteiger partial charge in [-0.05, 0) is 12.8 Å². The van der Waals surface area contributed by atoms with Gasteiger partial charge in [0.25, 0.3) is 0 Å². The summed E-state index contributed by atoms with van der Waals surface area (Å²) in [6.45, 7) is 9.22. The summed E-state index contributed by atoms with van der Waals surface area (Å²) in [6, 6.07) is 0. The van der Waals surface area contributed by atoms with Gasteiger partial charge in [0.15, 0.2) is 17.5 Å². The highest BCUT2D eigenvalue weighted by Crippen LogP contribution is 2.38. The highest BCUT2D eigenvalue weighted by molar-refractivity contribution is 5.05. The summed E-state index contributed by atoms with van der Waals surface area (Å²) in [5, 5.41) is 11.5. The van der Waals surface area contributed by atoms with E-state index in [1.54, 1.807) is 0 Å². The Morgan fingerprint density at radius 2 is 2.08 bits per heavy atom. The number of nitrogens with zero attached hydrogens (tertiary/aromatic N) is 5. The molecule has 1 saturated carbocycles. The van der Waals surface area contributed by atoms with Gasteiger partial charge in [-0.2, -0.15) is 10.1 Å². The summed E-state index contributed by atoms with van der Waals surface area (Å²) in [7, 11) is 0. The lowest BCUT2D eigenvalue weighted by Crippen LogP contribution is -2.38. The van der Waals surface area contributed by atoms with Crippen LogP contribution in [0.15, 0.2) is 4.52 Å². The van der Waals surface area contributed by atoms with E-state index in [0.29, 0.717) is 19.1 Å². The van der Waals surface area contributed by atoms with Gasteiger partial charge in [-0.1, -0.05) is 25.9 Å². The minimum Gasteiger partial charge on any atom is -0.368 e. The van der Waals surface area contributed by atoms with E-state index in [9.17, 15) is 0 Å². The Balaban J connectivity index is 1.40. The zero-order chi connectivity index (χ0) is 16.7. The second-order valence-corrected chi connectivity index (χ2v) is 7.71. The lowest BCUT2D eigenvalue weighted by molar-refractivity contribution is -0.0379. The first-order valence-electron chi connectivity index (χ1n) is 8.58. The Hall–Kier alpha value is -1.80. The minimum atomic E-state index is -0.0999. The van der Waals surface area contributed by atoms with Crippen LogP contribution in [0.4, 0.5) is 0 Å². The zero-order valence-electron chi connectivity index (χ0n) is 14.4. The molecule has 0 aromatic carbocycles. The Morgan fingerprint density at radius 3 is 2.79 bits per heavy atom. The van der Waals surface area contributed by atoms with Crippen molar-refractivity contribution in [3.05, 3.63) is 23.4 Å². The van der Waals surface area contributed by atoms with Gasteiger partial charge in [-0.25, -0.2) is 4.98 Å². The Morgan fingerprint density at radius 1 is 1.25 bits per heavy atom. The minimum absolute atomic E-state index is 0.0764. The van der Waals surface area contributed by atoms with Crippen LogP contribution in [-0.2, 0) is 16.7 Å². The lowest BCUT2D eigenvalue weighted by Gasteiger charge is -2.30. The lowest BCUT2D eigenvalue weighted by atomic mass is 9.96. The molecule has 1 aliphatic heterocycles. The molecular weight excluding hydrogens is 308 g/mol. The number of nitrogens with one attached hydrogen (secondary N) is 1. The summed E-state index contributed by atoms with van der Waals surface area (Å²) in [6.07, 6.45) is 2.24. The molecule has 1 atom stereocenters. The fraction of sp³-hybridized carbons (Fsp3) is 0.750. The van der Waals surface area contributed by atoms with E-state index < -0.39 is 0 Å². The van der Waals surface area contributed by atoms with Gasteiger partial charge in [0.2, 0.25) is 5.89 Å². The first-order chi connectivity index (χ1) is 11.5. The molecule has 4 rings (SSSR count). The van der Waals surface area contributed by atoms with Gasteiger partial charge < -0.3 is 9.26 Å². The first kappa shape index (κ1) is 15.7. The topological polar surface area (TPSA) is 93.0 Å². The molecule has 0 radical (unpaired) electrons. The third-order valence-electron chi connectivity index (χ3n) is 4.40. The molecule has 1 N–H and O–H groups in total. The van der Waals surface area contributed by atoms with Crippen LogP contribution in [0.1, 0.15) is 69.0 Å². The molecule has 2 aliphatic rings. The van der Waals surface area contributed by atoms with E-state index >= 15 is 0 Å². The molecular formula is C16H24N6O2. The Kier molecular flexibility index (Phi) is 3.88. The second-order valence-electron chi connectivity index (χ2n) is 7.71. The van der Waals surface area contributed by atoms with Gasteiger partial charge in [-0.15, -0.1) is 0 Å². The van der Waals surface area contributed by atoms with E-state index in [1.165, 1.54) is 12.8 Å². The van der Waals surface area contributed by atoms with Crippen LogP contribution in [0.25, 0.3) is 0 Å². The molecule has 1 aliphatic carbocycles. The molecule has 24 heavy (non-hydrogen) atoms. The molecule has 0 spiro atoms. The average molecular weight is 332 g/mol. The van der Waals surface area contributed by atoms with E-state index in [4.69, 9.17) is 9.26 Å². The third-order valence-corrected chi connectivity index (χ3v) is 4.40. The van der Waals surface area contributed by atoms with Crippen LogP contribution >= 0.6 is 0 Å². The number of rotatable bonds is 4. The van der Waals surface area contributed by atoms with Gasteiger partial charge in [-0.3, -0.25) is 10.00 Å². The van der Waals surface area contributed by atoms with Crippen LogP contribution < -0.4 is 0 Å². The number of hydrogen-bond donors (Lipinski definition) is 1. The van der Waals surface area contributed by atoms with Crippen LogP contribution in [0, 0.1) is 0 Å². The van der Waals surface area contributed by atoms with Crippen molar-refractivity contribution < 1.29 is 9.26 Å². The predicted molar refractivity (Wildman–Crippen MR) is 85.3 cm³/mol. The van der Waals surface area contributed by atoms with Crippen molar-refractivity contribution >= 4 is 0 Å². The summed E-state index contributed by atoms with van der Waals surface area (Å²) in [5.41, 5.74) is -0.0764. The highest BCUT2D eigenvalue weighted by atomic mass is 16.5. The largest absolute Gasteiger partial charge is 0.368 e. The molecule has 0 unspecified atom stereocenters. The van der Waals surface area contributed by atoms with Gasteiger partial charge in [0, 0.05) is 24.4 Å². The number of H-pyrrole nitrogens is 1. The summed E-state index contributed by atoms with van der Waals surface area (Å²) < 4.78 is 11.2. The highest BCUT2D eigenvalue weighted by Gasteiger charge is 2.31. The van der Waals surface area contributed by atoms with Crippen molar-refractivity contribution in [1.82, 2.24) is 30.2 Å². The van der Waals surface area contributed by atoms with Crippen LogP contribution in [0.2, 0.25) is 0 Å². The number of aromatic amines is 1. The first-order valence-corrected chi connectivity index (χ1v) is 8.58.